The number of hydrogen-bond donors (Lipinski definition) is 1. The molecule has 0 bridgehead atoms. The number of aromatic nitrogens is 1. The molecule has 0 saturated carbocycles. The second-order valence-corrected chi connectivity index (χ2v) is 4.89. The van der Waals surface area contributed by atoms with Crippen molar-refractivity contribution in [1.82, 2.24) is 4.98 Å². The fourth-order valence-electron chi connectivity index (χ4n) is 2.30. The molecular formula is C15H11F3N2O5. The second-order valence-electron chi connectivity index (χ2n) is 4.89. The van der Waals surface area contributed by atoms with Crippen molar-refractivity contribution in [1.29, 1.82) is 0 Å². The van der Waals surface area contributed by atoms with Gasteiger partial charge in [0.2, 0.25) is 0 Å². The quantitative estimate of drug-likeness (QED) is 0.845. The lowest BCUT2D eigenvalue weighted by Gasteiger charge is -2.13. The maximum Gasteiger partial charge on any atom is 0.586 e. The zero-order valence-corrected chi connectivity index (χ0v) is 12.9. The van der Waals surface area contributed by atoms with E-state index in [1.807, 2.05) is 0 Å². The van der Waals surface area contributed by atoms with Gasteiger partial charge in [0.15, 0.2) is 28.8 Å². The van der Waals surface area contributed by atoms with Crippen LogP contribution in [0.4, 0.5) is 18.9 Å². The number of fused-ring (bicyclic) bond motifs is 1. The molecule has 25 heavy (non-hydrogen) atoms. The van der Waals surface area contributed by atoms with Crippen LogP contribution in [0.15, 0.2) is 18.2 Å². The number of carbonyl (C=O) groups is 1. The third kappa shape index (κ3) is 2.75. The van der Waals surface area contributed by atoms with Crippen LogP contribution >= 0.6 is 0 Å². The molecule has 7 nitrogen and oxygen atoms in total. The molecule has 0 atom stereocenters. The number of nitrogen functional groups attached to an aromatic ring is 1. The largest absolute Gasteiger partial charge is 0.586 e. The van der Waals surface area contributed by atoms with Crippen molar-refractivity contribution >= 4 is 11.7 Å². The molecule has 0 unspecified atom stereocenters. The Bertz CT molecular complexity index is 873. The summed E-state index contributed by atoms with van der Waals surface area (Å²) < 4.78 is 58.8. The Hall–Kier alpha value is -3.17. The molecule has 1 aromatic carbocycles. The number of benzene rings is 1. The van der Waals surface area contributed by atoms with Gasteiger partial charge in [0, 0.05) is 5.56 Å². The Labute approximate surface area is 139 Å². The van der Waals surface area contributed by atoms with Gasteiger partial charge in [-0.3, -0.25) is 0 Å². The average molecular weight is 356 g/mol. The molecule has 2 heterocycles. The minimum atomic E-state index is -3.82. The van der Waals surface area contributed by atoms with Crippen molar-refractivity contribution in [2.75, 3.05) is 20.0 Å². The number of methoxy groups -OCH3 is 2. The molecule has 1 aliphatic heterocycles. The summed E-state index contributed by atoms with van der Waals surface area (Å²) in [5, 5.41) is 0. The van der Waals surface area contributed by atoms with E-state index in [0.29, 0.717) is 0 Å². The van der Waals surface area contributed by atoms with Gasteiger partial charge in [0.1, 0.15) is 11.4 Å². The number of carbonyl (C=O) groups excluding carboxylic acids is 1. The Kier molecular flexibility index (Phi) is 3.82. The van der Waals surface area contributed by atoms with Gasteiger partial charge in [-0.25, -0.2) is 14.2 Å². The minimum absolute atomic E-state index is 0.0389. The van der Waals surface area contributed by atoms with Gasteiger partial charge in [0.05, 0.1) is 14.2 Å². The van der Waals surface area contributed by atoms with Crippen molar-refractivity contribution in [3.63, 3.8) is 0 Å². The fraction of sp³-hybridized carbons (Fsp3) is 0.200. The molecule has 0 aliphatic carbocycles. The normalized spacial score (nSPS) is 14.3. The standard InChI is InChI=1S/C15H11F3N2O5/c1-22-13-10(19)9(16)11(20-12(13)14(21)23-2)6-3-4-7-8(5-6)25-15(17,18)24-7/h3-5H,1-2H3,(H2,19,20). The average Bonchev–Trinajstić information content (AvgIpc) is 2.89. The van der Waals surface area contributed by atoms with Crippen LogP contribution in [0.25, 0.3) is 11.3 Å². The Balaban J connectivity index is 2.16. The van der Waals surface area contributed by atoms with E-state index in [2.05, 4.69) is 19.2 Å². The molecule has 132 valence electrons. The highest BCUT2D eigenvalue weighted by molar-refractivity contribution is 5.93. The summed E-state index contributed by atoms with van der Waals surface area (Å²) in [6.45, 7) is 0. The summed E-state index contributed by atoms with van der Waals surface area (Å²) >= 11 is 0. The third-order valence-corrected chi connectivity index (χ3v) is 3.39. The summed E-state index contributed by atoms with van der Waals surface area (Å²) in [4.78, 5) is 15.7. The van der Waals surface area contributed by atoms with Crippen molar-refractivity contribution in [3.8, 4) is 28.5 Å². The number of halogens is 3. The van der Waals surface area contributed by atoms with Gasteiger partial charge in [-0.05, 0) is 18.2 Å². The van der Waals surface area contributed by atoms with Gasteiger partial charge in [0.25, 0.3) is 0 Å². The number of ether oxygens (including phenoxy) is 4. The number of rotatable bonds is 3. The summed E-state index contributed by atoms with van der Waals surface area (Å²) in [6, 6.07) is 3.52. The van der Waals surface area contributed by atoms with E-state index in [0.717, 1.165) is 19.2 Å². The zero-order valence-electron chi connectivity index (χ0n) is 12.9. The lowest BCUT2D eigenvalue weighted by Crippen LogP contribution is -2.25. The first kappa shape index (κ1) is 16.7. The van der Waals surface area contributed by atoms with Crippen LogP contribution in [0.1, 0.15) is 10.5 Å². The molecule has 0 saturated heterocycles. The molecule has 0 fully saturated rings. The van der Waals surface area contributed by atoms with Crippen molar-refractivity contribution in [3.05, 3.63) is 29.7 Å². The SMILES string of the molecule is COC(=O)c1nc(-c2ccc3c(c2)OC(F)(F)O3)c(F)c(N)c1OC. The van der Waals surface area contributed by atoms with Crippen molar-refractivity contribution in [2.24, 2.45) is 0 Å². The second kappa shape index (κ2) is 5.72. The molecule has 3 rings (SSSR count). The van der Waals surface area contributed by atoms with Crippen LogP contribution in [0.5, 0.6) is 17.2 Å². The lowest BCUT2D eigenvalue weighted by molar-refractivity contribution is -0.286. The number of anilines is 1. The maximum atomic E-state index is 14.5. The molecule has 0 amide bonds. The molecule has 0 spiro atoms. The monoisotopic (exact) mass is 356 g/mol. The first-order chi connectivity index (χ1) is 11.8. The van der Waals surface area contributed by atoms with Crippen LogP contribution in [0, 0.1) is 5.82 Å². The predicted molar refractivity (Wildman–Crippen MR) is 78.1 cm³/mol. The molecule has 2 aromatic rings. The van der Waals surface area contributed by atoms with Gasteiger partial charge < -0.3 is 24.7 Å². The van der Waals surface area contributed by atoms with Crippen LogP contribution < -0.4 is 19.9 Å². The molecule has 10 heteroatoms. The molecular weight excluding hydrogens is 345 g/mol. The van der Waals surface area contributed by atoms with Crippen LogP contribution in [0.3, 0.4) is 0 Å². The fourth-order valence-corrected chi connectivity index (χ4v) is 2.30. The number of nitrogens with two attached hydrogens (primary N) is 1. The van der Waals surface area contributed by atoms with Crippen LogP contribution in [-0.4, -0.2) is 31.5 Å². The van der Waals surface area contributed by atoms with E-state index in [9.17, 15) is 18.0 Å². The predicted octanol–water partition coefficient (Wildman–Crippen LogP) is 2.59. The van der Waals surface area contributed by atoms with E-state index in [4.69, 9.17) is 10.5 Å². The number of esters is 1. The molecule has 1 aliphatic rings. The smallest absolute Gasteiger partial charge is 0.492 e. The first-order valence-electron chi connectivity index (χ1n) is 6.79. The number of alkyl halides is 2. The zero-order chi connectivity index (χ0) is 18.4. The molecule has 1 aromatic heterocycles. The van der Waals surface area contributed by atoms with E-state index in [1.54, 1.807) is 0 Å². The number of nitrogens with zero attached hydrogens (tertiary/aromatic N) is 1. The highest BCUT2D eigenvalue weighted by Crippen LogP contribution is 2.44. The first-order valence-corrected chi connectivity index (χ1v) is 6.79. The molecule has 0 radical (unpaired) electrons. The van der Waals surface area contributed by atoms with Gasteiger partial charge in [-0.15, -0.1) is 8.78 Å². The van der Waals surface area contributed by atoms with Gasteiger partial charge in [-0.1, -0.05) is 0 Å². The lowest BCUT2D eigenvalue weighted by atomic mass is 10.1. The summed E-state index contributed by atoms with van der Waals surface area (Å²) in [6.07, 6.45) is -3.82. The molecule has 2 N–H and O–H groups in total. The number of pyridine rings is 1. The van der Waals surface area contributed by atoms with E-state index in [-0.39, 0.29) is 34.2 Å². The van der Waals surface area contributed by atoms with Gasteiger partial charge in [-0.2, -0.15) is 0 Å². The Morgan fingerprint density at radius 3 is 2.56 bits per heavy atom. The topological polar surface area (TPSA) is 92.9 Å². The van der Waals surface area contributed by atoms with E-state index in [1.165, 1.54) is 13.2 Å². The van der Waals surface area contributed by atoms with E-state index < -0.39 is 23.8 Å². The van der Waals surface area contributed by atoms with Crippen LogP contribution in [-0.2, 0) is 4.74 Å². The number of hydrogen-bond acceptors (Lipinski definition) is 7. The highest BCUT2D eigenvalue weighted by atomic mass is 19.3. The highest BCUT2D eigenvalue weighted by Gasteiger charge is 2.43. The van der Waals surface area contributed by atoms with Gasteiger partial charge >= 0.3 is 12.3 Å². The van der Waals surface area contributed by atoms with E-state index >= 15 is 0 Å². The maximum absolute atomic E-state index is 14.5. The Morgan fingerprint density at radius 1 is 1.24 bits per heavy atom. The summed E-state index contributed by atoms with van der Waals surface area (Å²) in [5.41, 5.74) is 4.50. The third-order valence-electron chi connectivity index (χ3n) is 3.39. The Morgan fingerprint density at radius 2 is 1.92 bits per heavy atom. The van der Waals surface area contributed by atoms with Crippen molar-refractivity contribution < 1.29 is 36.9 Å². The minimum Gasteiger partial charge on any atom is -0.492 e. The van der Waals surface area contributed by atoms with Crippen molar-refractivity contribution in [2.45, 2.75) is 6.29 Å². The summed E-state index contributed by atoms with van der Waals surface area (Å²) in [5.74, 6) is -2.71. The van der Waals surface area contributed by atoms with Crippen LogP contribution in [0.2, 0.25) is 0 Å². The summed E-state index contributed by atoms with van der Waals surface area (Å²) in [7, 11) is 2.28.